The molecular formula is C18H31N3O4S2. The van der Waals surface area contributed by atoms with Crippen molar-refractivity contribution in [3.63, 3.8) is 0 Å². The number of nitrogens with zero attached hydrogens (tertiary/aromatic N) is 1. The first kappa shape index (κ1) is 23.8. The highest BCUT2D eigenvalue weighted by molar-refractivity contribution is 8.77. The Morgan fingerprint density at radius 1 is 1.15 bits per heavy atom. The first-order valence-corrected chi connectivity index (χ1v) is 11.7. The Balaban J connectivity index is 1.96. The quantitative estimate of drug-likeness (QED) is 0.204. The van der Waals surface area contributed by atoms with Crippen LogP contribution in [0.15, 0.2) is 12.2 Å². The van der Waals surface area contributed by atoms with Gasteiger partial charge in [-0.3, -0.25) is 9.59 Å². The number of amides is 2. The minimum atomic E-state index is -0.561. The Labute approximate surface area is 169 Å². The molecule has 1 fully saturated rings. The highest BCUT2D eigenvalue weighted by Gasteiger charge is 2.15. The molecule has 0 aromatic heterocycles. The van der Waals surface area contributed by atoms with Crippen molar-refractivity contribution >= 4 is 39.4 Å². The molecule has 27 heavy (non-hydrogen) atoms. The molecule has 1 saturated heterocycles. The zero-order valence-electron chi connectivity index (χ0n) is 16.2. The number of methoxy groups -OCH3 is 1. The third kappa shape index (κ3) is 12.8. The van der Waals surface area contributed by atoms with Crippen molar-refractivity contribution in [2.45, 2.75) is 37.4 Å². The van der Waals surface area contributed by atoms with Gasteiger partial charge >= 0.3 is 5.97 Å². The predicted molar refractivity (Wildman–Crippen MR) is 112 cm³/mol. The molecule has 1 atom stereocenters. The molecule has 0 radical (unpaired) electrons. The van der Waals surface area contributed by atoms with E-state index in [4.69, 9.17) is 0 Å². The van der Waals surface area contributed by atoms with Gasteiger partial charge in [0.15, 0.2) is 0 Å². The number of carbonyl (C=O) groups is 3. The third-order valence-corrected chi connectivity index (χ3v) is 7.09. The number of rotatable bonds is 13. The van der Waals surface area contributed by atoms with E-state index in [0.717, 1.165) is 36.8 Å². The number of nitrogens with one attached hydrogen (secondary N) is 2. The number of esters is 1. The number of unbranched alkanes of at least 4 members (excludes halogenated alkanes) is 1. The van der Waals surface area contributed by atoms with Gasteiger partial charge in [0.05, 0.1) is 7.11 Å². The first-order valence-electron chi connectivity index (χ1n) is 9.28. The van der Waals surface area contributed by atoms with Crippen molar-refractivity contribution in [3.8, 4) is 0 Å². The molecule has 7 nitrogen and oxygen atoms in total. The Morgan fingerprint density at radius 2 is 1.89 bits per heavy atom. The maximum Gasteiger partial charge on any atom is 0.330 e. The van der Waals surface area contributed by atoms with Gasteiger partial charge in [0.25, 0.3) is 0 Å². The molecule has 0 aliphatic carbocycles. The average molecular weight is 418 g/mol. The smallest absolute Gasteiger partial charge is 0.330 e. The Kier molecular flexibility index (Phi) is 13.1. The van der Waals surface area contributed by atoms with Crippen LogP contribution in [0, 0.1) is 0 Å². The van der Waals surface area contributed by atoms with E-state index in [1.807, 2.05) is 33.5 Å². The molecule has 2 amide bonds. The molecule has 154 valence electrons. The molecule has 0 bridgehead atoms. The van der Waals surface area contributed by atoms with E-state index in [9.17, 15) is 14.4 Å². The van der Waals surface area contributed by atoms with Crippen LogP contribution < -0.4 is 10.6 Å². The number of carbonyl (C=O) groups excluding carboxylic acids is 3. The zero-order chi connectivity index (χ0) is 19.9. The van der Waals surface area contributed by atoms with Gasteiger partial charge in [-0.05, 0) is 26.3 Å². The van der Waals surface area contributed by atoms with Gasteiger partial charge in [-0.1, -0.05) is 28.0 Å². The largest absolute Gasteiger partial charge is 0.466 e. The van der Waals surface area contributed by atoms with Crippen LogP contribution in [-0.2, 0) is 19.1 Å². The zero-order valence-corrected chi connectivity index (χ0v) is 17.8. The van der Waals surface area contributed by atoms with Gasteiger partial charge in [-0.15, -0.1) is 0 Å². The monoisotopic (exact) mass is 417 g/mol. The van der Waals surface area contributed by atoms with E-state index in [1.54, 1.807) is 0 Å². The van der Waals surface area contributed by atoms with Crippen molar-refractivity contribution in [3.05, 3.63) is 12.2 Å². The molecule has 0 aromatic rings. The molecule has 0 aromatic carbocycles. The Bertz CT molecular complexity index is 497. The molecule has 1 rings (SSSR count). The fraction of sp³-hybridized carbons (Fsp3) is 0.722. The highest BCUT2D eigenvalue weighted by Crippen LogP contribution is 2.39. The predicted octanol–water partition coefficient (Wildman–Crippen LogP) is 1.59. The third-order valence-electron chi connectivity index (χ3n) is 4.09. The fourth-order valence-corrected chi connectivity index (χ4v) is 5.48. The number of hydrogen-bond donors (Lipinski definition) is 2. The van der Waals surface area contributed by atoms with Crippen LogP contribution in [0.5, 0.6) is 0 Å². The van der Waals surface area contributed by atoms with Crippen LogP contribution in [0.25, 0.3) is 0 Å². The summed E-state index contributed by atoms with van der Waals surface area (Å²) in [5.74, 6) is 0.473. The standard InChI is InChI=1S/C18H31N3O4S2/c1-21(13-11-20-17(23)7-8-18(24)25-2)12-10-19-16(22)6-4-3-5-15-9-14-26-27-15/h7-8,15H,3-6,9-14H2,1-2H3,(H,19,22)(H,20,23). The lowest BCUT2D eigenvalue weighted by Gasteiger charge is -2.17. The van der Waals surface area contributed by atoms with Crippen LogP contribution >= 0.6 is 21.6 Å². The van der Waals surface area contributed by atoms with E-state index in [0.29, 0.717) is 26.1 Å². The summed E-state index contributed by atoms with van der Waals surface area (Å²) >= 11 is 0. The molecular weight excluding hydrogens is 386 g/mol. The van der Waals surface area contributed by atoms with Crippen molar-refractivity contribution in [2.75, 3.05) is 46.1 Å². The first-order chi connectivity index (χ1) is 13.0. The van der Waals surface area contributed by atoms with Crippen molar-refractivity contribution < 1.29 is 19.1 Å². The molecule has 2 N–H and O–H groups in total. The van der Waals surface area contributed by atoms with Gasteiger partial charge in [-0.2, -0.15) is 0 Å². The molecule has 1 aliphatic rings. The second kappa shape index (κ2) is 14.8. The maximum absolute atomic E-state index is 11.8. The van der Waals surface area contributed by atoms with Gasteiger partial charge in [0.2, 0.25) is 11.8 Å². The summed E-state index contributed by atoms with van der Waals surface area (Å²) in [6, 6.07) is 0. The van der Waals surface area contributed by atoms with Gasteiger partial charge < -0.3 is 20.3 Å². The molecule has 0 spiro atoms. The van der Waals surface area contributed by atoms with Crippen molar-refractivity contribution in [1.29, 1.82) is 0 Å². The van der Waals surface area contributed by atoms with E-state index in [2.05, 4.69) is 15.4 Å². The summed E-state index contributed by atoms with van der Waals surface area (Å²) < 4.78 is 4.41. The van der Waals surface area contributed by atoms with Crippen LogP contribution in [0.2, 0.25) is 0 Å². The Hall–Kier alpha value is -1.19. The molecule has 1 heterocycles. The fourth-order valence-electron chi connectivity index (χ4n) is 2.45. The minimum absolute atomic E-state index is 0.109. The topological polar surface area (TPSA) is 87.7 Å². The summed E-state index contributed by atoms with van der Waals surface area (Å²) in [6.07, 6.45) is 7.42. The van der Waals surface area contributed by atoms with Crippen LogP contribution in [0.1, 0.15) is 32.1 Å². The SMILES string of the molecule is COC(=O)C=CC(=O)NCCN(C)CCNC(=O)CCCCC1CCSS1. The van der Waals surface area contributed by atoms with Crippen molar-refractivity contribution in [1.82, 2.24) is 15.5 Å². The molecule has 9 heteroatoms. The van der Waals surface area contributed by atoms with Gasteiger partial charge in [-0.25, -0.2) is 4.79 Å². The van der Waals surface area contributed by atoms with Gasteiger partial charge in [0, 0.05) is 55.8 Å². The second-order valence-corrected chi connectivity index (χ2v) is 9.16. The summed E-state index contributed by atoms with van der Waals surface area (Å²) in [4.78, 5) is 36.2. The van der Waals surface area contributed by atoms with Gasteiger partial charge in [0.1, 0.15) is 0 Å². The molecule has 1 aliphatic heterocycles. The van der Waals surface area contributed by atoms with Crippen LogP contribution in [0.4, 0.5) is 0 Å². The summed E-state index contributed by atoms with van der Waals surface area (Å²) in [5, 5.41) is 6.41. The van der Waals surface area contributed by atoms with Crippen molar-refractivity contribution in [2.24, 2.45) is 0 Å². The second-order valence-electron chi connectivity index (χ2n) is 6.38. The number of likely N-dealkylation sites (N-methyl/N-ethyl adjacent to an activating group) is 1. The summed E-state index contributed by atoms with van der Waals surface area (Å²) in [5.41, 5.74) is 0. The number of ether oxygens (including phenoxy) is 1. The van der Waals surface area contributed by atoms with E-state index in [1.165, 1.54) is 25.7 Å². The highest BCUT2D eigenvalue weighted by atomic mass is 33.1. The van der Waals surface area contributed by atoms with Crippen LogP contribution in [0.3, 0.4) is 0 Å². The van der Waals surface area contributed by atoms with E-state index >= 15 is 0 Å². The normalized spacial score (nSPS) is 16.6. The Morgan fingerprint density at radius 3 is 2.56 bits per heavy atom. The lowest BCUT2D eigenvalue weighted by molar-refractivity contribution is -0.135. The average Bonchev–Trinajstić information content (AvgIpc) is 3.16. The lowest BCUT2D eigenvalue weighted by atomic mass is 10.1. The lowest BCUT2D eigenvalue weighted by Crippen LogP contribution is -2.37. The van der Waals surface area contributed by atoms with E-state index in [-0.39, 0.29) is 11.8 Å². The molecule has 0 saturated carbocycles. The number of hydrogen-bond acceptors (Lipinski definition) is 7. The van der Waals surface area contributed by atoms with Crippen LogP contribution in [-0.4, -0.2) is 74.0 Å². The summed E-state index contributed by atoms with van der Waals surface area (Å²) in [7, 11) is 7.14. The summed E-state index contributed by atoms with van der Waals surface area (Å²) in [6.45, 7) is 2.44. The molecule has 1 unspecified atom stereocenters. The van der Waals surface area contributed by atoms with E-state index < -0.39 is 5.97 Å². The minimum Gasteiger partial charge on any atom is -0.466 e. The maximum atomic E-state index is 11.8.